The van der Waals surface area contributed by atoms with Crippen LogP contribution in [0.4, 0.5) is 0 Å². The quantitative estimate of drug-likeness (QED) is 0.837. The van der Waals surface area contributed by atoms with E-state index >= 15 is 0 Å². The fourth-order valence-electron chi connectivity index (χ4n) is 2.14. The third-order valence-electron chi connectivity index (χ3n) is 3.05. The van der Waals surface area contributed by atoms with Crippen molar-refractivity contribution in [3.8, 4) is 0 Å². The van der Waals surface area contributed by atoms with Gasteiger partial charge in [-0.25, -0.2) is 13.4 Å². The molecule has 0 bridgehead atoms. The smallest absolute Gasteiger partial charge is 0.151 e. The summed E-state index contributed by atoms with van der Waals surface area (Å²) in [6.07, 6.45) is 5.54. The maximum atomic E-state index is 11.3. The van der Waals surface area contributed by atoms with Crippen LogP contribution in [0.15, 0.2) is 12.4 Å². The molecule has 2 heterocycles. The van der Waals surface area contributed by atoms with Gasteiger partial charge in [0.25, 0.3) is 0 Å². The lowest BCUT2D eigenvalue weighted by molar-refractivity contribution is 0.520. The van der Waals surface area contributed by atoms with Crippen molar-refractivity contribution in [1.29, 1.82) is 0 Å². The van der Waals surface area contributed by atoms with Crippen molar-refractivity contribution < 1.29 is 8.42 Å². The van der Waals surface area contributed by atoms with Gasteiger partial charge in [0.15, 0.2) is 9.84 Å². The average Bonchev–Trinajstić information content (AvgIpc) is 2.83. The molecule has 96 valence electrons. The van der Waals surface area contributed by atoms with Gasteiger partial charge in [-0.1, -0.05) is 6.92 Å². The average molecular weight is 257 g/mol. The summed E-state index contributed by atoms with van der Waals surface area (Å²) < 4.78 is 24.7. The standard InChI is InChI=1S/C11H19N3O2S/c1-2-5-14-6-4-12-11(14)8-13-10-3-7-17(15,16)9-10/h4,6,10,13H,2-3,5,7-9H2,1H3. The zero-order chi connectivity index (χ0) is 12.3. The van der Waals surface area contributed by atoms with E-state index in [9.17, 15) is 8.42 Å². The second-order valence-electron chi connectivity index (χ2n) is 4.52. The van der Waals surface area contributed by atoms with E-state index in [0.29, 0.717) is 12.3 Å². The Morgan fingerprint density at radius 3 is 3.06 bits per heavy atom. The fourth-order valence-corrected chi connectivity index (χ4v) is 3.85. The first-order valence-corrected chi connectivity index (χ1v) is 7.86. The molecule has 1 atom stereocenters. The molecule has 1 saturated heterocycles. The van der Waals surface area contributed by atoms with Gasteiger partial charge in [-0.05, 0) is 12.8 Å². The van der Waals surface area contributed by atoms with E-state index in [1.54, 1.807) is 6.20 Å². The van der Waals surface area contributed by atoms with Gasteiger partial charge in [0, 0.05) is 25.0 Å². The highest BCUT2D eigenvalue weighted by Gasteiger charge is 2.27. The number of aryl methyl sites for hydroxylation is 1. The predicted octanol–water partition coefficient (Wildman–Crippen LogP) is 0.570. The molecule has 1 aliphatic heterocycles. The Balaban J connectivity index is 1.88. The first-order chi connectivity index (χ1) is 8.11. The first-order valence-electron chi connectivity index (χ1n) is 6.04. The van der Waals surface area contributed by atoms with E-state index in [1.807, 2.05) is 6.20 Å². The summed E-state index contributed by atoms with van der Waals surface area (Å²) in [7, 11) is -2.80. The van der Waals surface area contributed by atoms with Crippen LogP contribution in [0.1, 0.15) is 25.6 Å². The minimum Gasteiger partial charge on any atom is -0.334 e. The number of imidazole rings is 1. The van der Waals surface area contributed by atoms with Crippen molar-refractivity contribution in [3.63, 3.8) is 0 Å². The summed E-state index contributed by atoms with van der Waals surface area (Å²) in [6, 6.07) is 0.0896. The highest BCUT2D eigenvalue weighted by atomic mass is 32.2. The molecular formula is C11H19N3O2S. The second-order valence-corrected chi connectivity index (χ2v) is 6.75. The van der Waals surface area contributed by atoms with Gasteiger partial charge >= 0.3 is 0 Å². The number of hydrogen-bond acceptors (Lipinski definition) is 4. The van der Waals surface area contributed by atoms with Gasteiger partial charge in [-0.15, -0.1) is 0 Å². The molecule has 1 aromatic heterocycles. The molecule has 1 N–H and O–H groups in total. The third-order valence-corrected chi connectivity index (χ3v) is 4.82. The number of hydrogen-bond donors (Lipinski definition) is 1. The van der Waals surface area contributed by atoms with E-state index in [-0.39, 0.29) is 11.8 Å². The van der Waals surface area contributed by atoms with Gasteiger partial charge < -0.3 is 9.88 Å². The van der Waals surface area contributed by atoms with E-state index in [4.69, 9.17) is 0 Å². The summed E-state index contributed by atoms with van der Waals surface area (Å²) in [6.45, 7) is 3.73. The van der Waals surface area contributed by atoms with E-state index in [1.165, 1.54) is 0 Å². The van der Waals surface area contributed by atoms with E-state index < -0.39 is 9.84 Å². The van der Waals surface area contributed by atoms with Crippen LogP contribution in [0.25, 0.3) is 0 Å². The lowest BCUT2D eigenvalue weighted by Gasteiger charge is -2.11. The van der Waals surface area contributed by atoms with Crippen LogP contribution in [0.5, 0.6) is 0 Å². The molecule has 1 fully saturated rings. The molecule has 0 aliphatic carbocycles. The monoisotopic (exact) mass is 257 g/mol. The zero-order valence-electron chi connectivity index (χ0n) is 10.1. The first kappa shape index (κ1) is 12.6. The molecule has 1 unspecified atom stereocenters. The predicted molar refractivity (Wildman–Crippen MR) is 66.4 cm³/mol. The Morgan fingerprint density at radius 1 is 1.59 bits per heavy atom. The van der Waals surface area contributed by atoms with Crippen molar-refractivity contribution >= 4 is 9.84 Å². The lowest BCUT2D eigenvalue weighted by Crippen LogP contribution is -2.30. The summed E-state index contributed by atoms with van der Waals surface area (Å²) >= 11 is 0. The van der Waals surface area contributed by atoms with Crippen molar-refractivity contribution in [2.75, 3.05) is 11.5 Å². The van der Waals surface area contributed by atoms with E-state index in [2.05, 4.69) is 21.8 Å². The molecule has 0 aromatic carbocycles. The van der Waals surface area contributed by atoms with Gasteiger partial charge in [0.2, 0.25) is 0 Å². The zero-order valence-corrected chi connectivity index (χ0v) is 10.9. The molecule has 2 rings (SSSR count). The Labute approximate surface area is 102 Å². The number of aromatic nitrogens is 2. The maximum absolute atomic E-state index is 11.3. The molecule has 0 radical (unpaired) electrons. The largest absolute Gasteiger partial charge is 0.334 e. The third kappa shape index (κ3) is 3.29. The normalized spacial score (nSPS) is 23.0. The second kappa shape index (κ2) is 5.18. The van der Waals surface area contributed by atoms with Crippen LogP contribution in [-0.2, 0) is 22.9 Å². The van der Waals surface area contributed by atoms with E-state index in [0.717, 1.165) is 25.2 Å². The fraction of sp³-hybridized carbons (Fsp3) is 0.727. The molecule has 1 aromatic rings. The number of nitrogens with zero attached hydrogens (tertiary/aromatic N) is 2. The summed E-state index contributed by atoms with van der Waals surface area (Å²) in [5.74, 6) is 1.56. The molecule has 0 saturated carbocycles. The molecule has 17 heavy (non-hydrogen) atoms. The van der Waals surface area contributed by atoms with Crippen molar-refractivity contribution in [3.05, 3.63) is 18.2 Å². The summed E-state index contributed by atoms with van der Waals surface area (Å²) in [5, 5.41) is 3.28. The van der Waals surface area contributed by atoms with Crippen molar-refractivity contribution in [2.45, 2.75) is 38.9 Å². The Bertz CT molecular complexity index is 467. The maximum Gasteiger partial charge on any atom is 0.151 e. The molecule has 6 heteroatoms. The molecule has 1 aliphatic rings. The van der Waals surface area contributed by atoms with Crippen LogP contribution in [-0.4, -0.2) is 35.5 Å². The Morgan fingerprint density at radius 2 is 2.41 bits per heavy atom. The lowest BCUT2D eigenvalue weighted by atomic mass is 10.2. The van der Waals surface area contributed by atoms with Crippen molar-refractivity contribution in [1.82, 2.24) is 14.9 Å². The highest BCUT2D eigenvalue weighted by Crippen LogP contribution is 2.11. The van der Waals surface area contributed by atoms with Crippen LogP contribution in [0.2, 0.25) is 0 Å². The number of sulfone groups is 1. The van der Waals surface area contributed by atoms with Gasteiger partial charge in [-0.2, -0.15) is 0 Å². The van der Waals surface area contributed by atoms with Crippen LogP contribution < -0.4 is 5.32 Å². The minimum absolute atomic E-state index is 0.0896. The molecular weight excluding hydrogens is 238 g/mol. The van der Waals surface area contributed by atoms with Crippen LogP contribution >= 0.6 is 0 Å². The molecule has 5 nitrogen and oxygen atoms in total. The summed E-state index contributed by atoms with van der Waals surface area (Å²) in [4.78, 5) is 4.28. The SMILES string of the molecule is CCCn1ccnc1CNC1CCS(=O)(=O)C1. The molecule has 0 amide bonds. The van der Waals surface area contributed by atoms with Gasteiger partial charge in [0.1, 0.15) is 5.82 Å². The number of nitrogens with one attached hydrogen (secondary N) is 1. The highest BCUT2D eigenvalue weighted by molar-refractivity contribution is 7.91. The molecule has 0 spiro atoms. The van der Waals surface area contributed by atoms with Gasteiger partial charge in [0.05, 0.1) is 18.1 Å². The topological polar surface area (TPSA) is 64.0 Å². The van der Waals surface area contributed by atoms with Gasteiger partial charge in [-0.3, -0.25) is 0 Å². The Hall–Kier alpha value is -0.880. The Kier molecular flexibility index (Phi) is 3.83. The minimum atomic E-state index is -2.80. The van der Waals surface area contributed by atoms with Crippen LogP contribution in [0.3, 0.4) is 0 Å². The van der Waals surface area contributed by atoms with Crippen LogP contribution in [0, 0.1) is 0 Å². The number of rotatable bonds is 5. The summed E-state index contributed by atoms with van der Waals surface area (Å²) in [5.41, 5.74) is 0. The van der Waals surface area contributed by atoms with Crippen molar-refractivity contribution in [2.24, 2.45) is 0 Å².